The first-order valence-electron chi connectivity index (χ1n) is 7.24. The lowest BCUT2D eigenvalue weighted by molar-refractivity contribution is 0.329. The molecule has 1 N–H and O–H groups in total. The van der Waals surface area contributed by atoms with Gasteiger partial charge in [0.15, 0.2) is 0 Å². The Morgan fingerprint density at radius 3 is 2.63 bits per heavy atom. The molecule has 0 aliphatic carbocycles. The molecule has 1 aromatic heterocycles. The Labute approximate surface area is 118 Å². The molecule has 0 saturated heterocycles. The largest absolute Gasteiger partial charge is 0.370 e. The van der Waals surface area contributed by atoms with Crippen LogP contribution in [-0.2, 0) is 6.54 Å². The van der Waals surface area contributed by atoms with Crippen molar-refractivity contribution in [1.29, 1.82) is 0 Å². The monoisotopic (exact) mass is 263 g/mol. The number of hydrogen-bond donors (Lipinski definition) is 1. The number of pyridine rings is 1. The molecule has 0 spiro atoms. The molecule has 1 unspecified atom stereocenters. The molecule has 0 aromatic carbocycles. The smallest absolute Gasteiger partial charge is 0.0598 e. The van der Waals surface area contributed by atoms with Crippen molar-refractivity contribution in [2.24, 2.45) is 5.41 Å². The molecule has 19 heavy (non-hydrogen) atoms. The minimum Gasteiger partial charge on any atom is -0.370 e. The third-order valence-corrected chi connectivity index (χ3v) is 3.84. The highest BCUT2D eigenvalue weighted by Gasteiger charge is 2.25. The van der Waals surface area contributed by atoms with Gasteiger partial charge in [-0.3, -0.25) is 4.98 Å². The van der Waals surface area contributed by atoms with E-state index in [1.807, 2.05) is 12.4 Å². The first-order valence-corrected chi connectivity index (χ1v) is 7.24. The van der Waals surface area contributed by atoms with Gasteiger partial charge in [0.1, 0.15) is 0 Å². The zero-order valence-corrected chi connectivity index (χ0v) is 13.3. The number of rotatable bonds is 6. The maximum Gasteiger partial charge on any atom is 0.0598 e. The summed E-state index contributed by atoms with van der Waals surface area (Å²) in [6.45, 7) is 13.3. The molecular formula is C16H29N3. The third-order valence-electron chi connectivity index (χ3n) is 3.84. The van der Waals surface area contributed by atoms with Gasteiger partial charge in [-0.05, 0) is 36.9 Å². The minimum absolute atomic E-state index is 0.249. The van der Waals surface area contributed by atoms with Gasteiger partial charge in [0.25, 0.3) is 0 Å². The van der Waals surface area contributed by atoms with E-state index >= 15 is 0 Å². The van der Waals surface area contributed by atoms with Gasteiger partial charge in [0.2, 0.25) is 0 Å². The highest BCUT2D eigenvalue weighted by atomic mass is 15.1. The maximum absolute atomic E-state index is 4.29. The molecule has 0 aliphatic rings. The van der Waals surface area contributed by atoms with E-state index in [4.69, 9.17) is 0 Å². The zero-order valence-electron chi connectivity index (χ0n) is 13.3. The van der Waals surface area contributed by atoms with Crippen LogP contribution in [0.3, 0.4) is 0 Å². The summed E-state index contributed by atoms with van der Waals surface area (Å²) in [7, 11) is 2.16. The second-order valence-corrected chi connectivity index (χ2v) is 6.33. The Morgan fingerprint density at radius 1 is 1.37 bits per heavy atom. The minimum atomic E-state index is 0.249. The van der Waals surface area contributed by atoms with Crippen LogP contribution < -0.4 is 10.2 Å². The summed E-state index contributed by atoms with van der Waals surface area (Å²) in [6, 6.07) is 2.57. The fraction of sp³-hybridized carbons (Fsp3) is 0.688. The van der Waals surface area contributed by atoms with Crippen LogP contribution in [0.5, 0.6) is 0 Å². The van der Waals surface area contributed by atoms with Crippen molar-refractivity contribution < 1.29 is 0 Å². The van der Waals surface area contributed by atoms with E-state index in [1.165, 1.54) is 11.3 Å². The quantitative estimate of drug-likeness (QED) is 0.797. The highest BCUT2D eigenvalue weighted by molar-refractivity contribution is 5.52. The lowest BCUT2D eigenvalue weighted by Crippen LogP contribution is -2.40. The van der Waals surface area contributed by atoms with E-state index in [9.17, 15) is 0 Å². The van der Waals surface area contributed by atoms with Gasteiger partial charge >= 0.3 is 0 Å². The normalized spacial score (nSPS) is 13.4. The van der Waals surface area contributed by atoms with E-state index in [2.05, 4.69) is 62.9 Å². The van der Waals surface area contributed by atoms with Crippen LogP contribution in [0.1, 0.15) is 46.6 Å². The predicted molar refractivity (Wildman–Crippen MR) is 83.6 cm³/mol. The lowest BCUT2D eigenvalue weighted by atomic mass is 9.87. The maximum atomic E-state index is 4.29. The SMILES string of the molecule is CCCNCc1ccncc1N(C)C(C)C(C)(C)C. The van der Waals surface area contributed by atoms with Crippen LogP contribution in [0.4, 0.5) is 5.69 Å². The molecule has 0 aliphatic heterocycles. The summed E-state index contributed by atoms with van der Waals surface area (Å²) in [5.41, 5.74) is 2.80. The van der Waals surface area contributed by atoms with Crippen molar-refractivity contribution in [2.75, 3.05) is 18.5 Å². The van der Waals surface area contributed by atoms with Crippen LogP contribution in [-0.4, -0.2) is 24.6 Å². The summed E-state index contributed by atoms with van der Waals surface area (Å²) >= 11 is 0. The van der Waals surface area contributed by atoms with Crippen molar-refractivity contribution in [1.82, 2.24) is 10.3 Å². The van der Waals surface area contributed by atoms with Gasteiger partial charge in [0.05, 0.1) is 11.9 Å². The van der Waals surface area contributed by atoms with Gasteiger partial charge < -0.3 is 10.2 Å². The van der Waals surface area contributed by atoms with Crippen molar-refractivity contribution in [3.05, 3.63) is 24.0 Å². The van der Waals surface area contributed by atoms with Gasteiger partial charge in [-0.2, -0.15) is 0 Å². The van der Waals surface area contributed by atoms with Crippen LogP contribution in [0.25, 0.3) is 0 Å². The lowest BCUT2D eigenvalue weighted by Gasteiger charge is -2.37. The predicted octanol–water partition coefficient (Wildman–Crippen LogP) is 3.45. The molecule has 108 valence electrons. The number of anilines is 1. The zero-order chi connectivity index (χ0) is 14.5. The molecular weight excluding hydrogens is 234 g/mol. The Balaban J connectivity index is 2.87. The van der Waals surface area contributed by atoms with Gasteiger partial charge in [-0.1, -0.05) is 27.7 Å². The van der Waals surface area contributed by atoms with E-state index in [0.717, 1.165) is 19.5 Å². The van der Waals surface area contributed by atoms with Crippen LogP contribution >= 0.6 is 0 Å². The average molecular weight is 263 g/mol. The van der Waals surface area contributed by atoms with Gasteiger partial charge in [-0.25, -0.2) is 0 Å². The fourth-order valence-electron chi connectivity index (χ4n) is 2.07. The summed E-state index contributed by atoms with van der Waals surface area (Å²) in [6.07, 6.45) is 5.02. The molecule has 0 amide bonds. The second kappa shape index (κ2) is 6.90. The Kier molecular flexibility index (Phi) is 5.80. The average Bonchev–Trinajstić information content (AvgIpc) is 2.37. The van der Waals surface area contributed by atoms with Crippen LogP contribution in [0.15, 0.2) is 18.5 Å². The summed E-state index contributed by atoms with van der Waals surface area (Å²) in [5.74, 6) is 0. The molecule has 3 heteroatoms. The highest BCUT2D eigenvalue weighted by Crippen LogP contribution is 2.28. The van der Waals surface area contributed by atoms with Gasteiger partial charge in [0, 0.05) is 25.8 Å². The Bertz CT molecular complexity index is 382. The van der Waals surface area contributed by atoms with Crippen molar-refractivity contribution in [3.8, 4) is 0 Å². The Morgan fingerprint density at radius 2 is 2.05 bits per heavy atom. The molecule has 0 bridgehead atoms. The van der Waals surface area contributed by atoms with E-state index in [0.29, 0.717) is 6.04 Å². The standard InChI is InChI=1S/C16H29N3/c1-7-9-17-11-14-8-10-18-12-15(14)19(6)13(2)16(3,4)5/h8,10,12-13,17H,7,9,11H2,1-6H3. The number of aromatic nitrogens is 1. The Hall–Kier alpha value is -1.09. The van der Waals surface area contributed by atoms with Crippen molar-refractivity contribution in [2.45, 2.75) is 53.6 Å². The number of nitrogens with zero attached hydrogens (tertiary/aromatic N) is 2. The topological polar surface area (TPSA) is 28.2 Å². The van der Waals surface area contributed by atoms with E-state index in [-0.39, 0.29) is 5.41 Å². The van der Waals surface area contributed by atoms with Crippen molar-refractivity contribution >= 4 is 5.69 Å². The summed E-state index contributed by atoms with van der Waals surface area (Å²) < 4.78 is 0. The fourth-order valence-corrected chi connectivity index (χ4v) is 2.07. The number of hydrogen-bond acceptors (Lipinski definition) is 3. The van der Waals surface area contributed by atoms with Crippen molar-refractivity contribution in [3.63, 3.8) is 0 Å². The van der Waals surface area contributed by atoms with Crippen LogP contribution in [0, 0.1) is 5.41 Å². The first-order chi connectivity index (χ1) is 8.88. The molecule has 0 saturated carbocycles. The summed E-state index contributed by atoms with van der Waals surface area (Å²) in [4.78, 5) is 6.63. The van der Waals surface area contributed by atoms with E-state index in [1.54, 1.807) is 0 Å². The molecule has 1 heterocycles. The molecule has 3 nitrogen and oxygen atoms in total. The van der Waals surface area contributed by atoms with Gasteiger partial charge in [-0.15, -0.1) is 0 Å². The molecule has 0 fully saturated rings. The van der Waals surface area contributed by atoms with Crippen LogP contribution in [0.2, 0.25) is 0 Å². The third kappa shape index (κ3) is 4.50. The number of nitrogens with one attached hydrogen (secondary N) is 1. The molecule has 1 aromatic rings. The summed E-state index contributed by atoms with van der Waals surface area (Å²) in [5, 5.41) is 3.47. The molecule has 0 radical (unpaired) electrons. The second-order valence-electron chi connectivity index (χ2n) is 6.33. The first kappa shape index (κ1) is 16.0. The molecule has 1 rings (SSSR count). The molecule has 1 atom stereocenters. The van der Waals surface area contributed by atoms with E-state index < -0.39 is 0 Å².